The van der Waals surface area contributed by atoms with Crippen molar-refractivity contribution < 1.29 is 0 Å². The van der Waals surface area contributed by atoms with Crippen LogP contribution in [0.3, 0.4) is 0 Å². The maximum Gasteiger partial charge on any atom is 0.0762 e. The first-order valence-corrected chi connectivity index (χ1v) is 5.94. The molecule has 0 aliphatic carbocycles. The van der Waals surface area contributed by atoms with Gasteiger partial charge in [0.05, 0.1) is 5.69 Å². The Balaban J connectivity index is 1.88. The first-order valence-electron chi connectivity index (χ1n) is 4.99. The Bertz CT molecular complexity index is 405. The summed E-state index contributed by atoms with van der Waals surface area (Å²) in [6.45, 7) is 2.99. The van der Waals surface area contributed by atoms with Gasteiger partial charge in [-0.25, -0.2) is 0 Å². The van der Waals surface area contributed by atoms with Gasteiger partial charge in [-0.05, 0) is 35.4 Å². The molecule has 0 radical (unpaired) electrons. The number of aromatic nitrogens is 2. The molecule has 0 fully saturated rings. The summed E-state index contributed by atoms with van der Waals surface area (Å²) >= 11 is 1.73. The van der Waals surface area contributed by atoms with Crippen molar-refractivity contribution in [2.24, 2.45) is 7.05 Å². The molecule has 2 aromatic heterocycles. The van der Waals surface area contributed by atoms with Gasteiger partial charge in [0.1, 0.15) is 0 Å². The molecule has 0 aromatic carbocycles. The van der Waals surface area contributed by atoms with E-state index in [2.05, 4.69) is 34.2 Å². The van der Waals surface area contributed by atoms with E-state index in [1.807, 2.05) is 24.0 Å². The fraction of sp³-hybridized carbons (Fsp3) is 0.364. The summed E-state index contributed by atoms with van der Waals surface area (Å²) in [5.41, 5.74) is 2.43. The second kappa shape index (κ2) is 4.59. The quantitative estimate of drug-likeness (QED) is 0.858. The predicted molar refractivity (Wildman–Crippen MR) is 62.8 cm³/mol. The maximum atomic E-state index is 4.32. The molecule has 0 bridgehead atoms. The molecule has 1 unspecified atom stereocenters. The highest BCUT2D eigenvalue weighted by Crippen LogP contribution is 2.15. The summed E-state index contributed by atoms with van der Waals surface area (Å²) in [4.78, 5) is 0. The third kappa shape index (κ3) is 2.67. The van der Waals surface area contributed by atoms with Crippen LogP contribution in [0, 0.1) is 0 Å². The zero-order valence-electron chi connectivity index (χ0n) is 8.97. The number of aryl methyl sites for hydroxylation is 1. The third-order valence-corrected chi connectivity index (χ3v) is 3.10. The maximum absolute atomic E-state index is 4.32. The van der Waals surface area contributed by atoms with Crippen molar-refractivity contribution in [1.82, 2.24) is 15.1 Å². The Labute approximate surface area is 93.7 Å². The van der Waals surface area contributed by atoms with Crippen molar-refractivity contribution in [3.05, 3.63) is 40.3 Å². The number of thiophene rings is 1. The number of nitrogens with zero attached hydrogens (tertiary/aromatic N) is 2. The molecule has 2 rings (SSSR count). The van der Waals surface area contributed by atoms with Crippen molar-refractivity contribution >= 4 is 11.3 Å². The van der Waals surface area contributed by atoms with Crippen LogP contribution in [0.2, 0.25) is 0 Å². The zero-order chi connectivity index (χ0) is 10.7. The van der Waals surface area contributed by atoms with Gasteiger partial charge in [-0.2, -0.15) is 16.4 Å². The van der Waals surface area contributed by atoms with Crippen molar-refractivity contribution in [2.75, 3.05) is 0 Å². The van der Waals surface area contributed by atoms with E-state index >= 15 is 0 Å². The Hall–Kier alpha value is -1.13. The third-order valence-electron chi connectivity index (χ3n) is 2.40. The second-order valence-electron chi connectivity index (χ2n) is 3.64. The summed E-state index contributed by atoms with van der Waals surface area (Å²) in [6, 6.07) is 4.58. The van der Waals surface area contributed by atoms with E-state index in [1.165, 1.54) is 5.56 Å². The Morgan fingerprint density at radius 2 is 2.40 bits per heavy atom. The van der Waals surface area contributed by atoms with Crippen LogP contribution in [0.15, 0.2) is 29.1 Å². The topological polar surface area (TPSA) is 29.9 Å². The highest BCUT2D eigenvalue weighted by atomic mass is 32.1. The van der Waals surface area contributed by atoms with E-state index < -0.39 is 0 Å². The minimum absolute atomic E-state index is 0.387. The van der Waals surface area contributed by atoms with Crippen LogP contribution in [0.4, 0.5) is 0 Å². The SMILES string of the molecule is CC(NCc1ccn(C)n1)c1ccsc1. The highest BCUT2D eigenvalue weighted by molar-refractivity contribution is 7.07. The molecule has 0 aliphatic heterocycles. The molecule has 2 heterocycles. The Morgan fingerprint density at radius 1 is 1.53 bits per heavy atom. The number of rotatable bonds is 4. The predicted octanol–water partition coefficient (Wildman–Crippen LogP) is 2.33. The molecule has 0 amide bonds. The smallest absolute Gasteiger partial charge is 0.0762 e. The molecule has 2 aromatic rings. The number of nitrogens with one attached hydrogen (secondary N) is 1. The first-order chi connectivity index (χ1) is 7.25. The van der Waals surface area contributed by atoms with Crippen LogP contribution in [0.25, 0.3) is 0 Å². The highest BCUT2D eigenvalue weighted by Gasteiger charge is 2.05. The number of hydrogen-bond acceptors (Lipinski definition) is 3. The molecule has 1 atom stereocenters. The van der Waals surface area contributed by atoms with Gasteiger partial charge < -0.3 is 5.32 Å². The molecule has 4 heteroatoms. The second-order valence-corrected chi connectivity index (χ2v) is 4.42. The van der Waals surface area contributed by atoms with E-state index in [0.717, 1.165) is 12.2 Å². The van der Waals surface area contributed by atoms with Crippen LogP contribution >= 0.6 is 11.3 Å². The molecule has 80 valence electrons. The van der Waals surface area contributed by atoms with Gasteiger partial charge in [0, 0.05) is 25.8 Å². The van der Waals surface area contributed by atoms with E-state index in [9.17, 15) is 0 Å². The average Bonchev–Trinajstić information content (AvgIpc) is 2.84. The summed E-state index contributed by atoms with van der Waals surface area (Å²) in [6.07, 6.45) is 1.96. The summed E-state index contributed by atoms with van der Waals surface area (Å²) < 4.78 is 1.83. The van der Waals surface area contributed by atoms with E-state index in [-0.39, 0.29) is 0 Å². The lowest BCUT2D eigenvalue weighted by atomic mass is 10.2. The van der Waals surface area contributed by atoms with E-state index in [0.29, 0.717) is 6.04 Å². The van der Waals surface area contributed by atoms with Gasteiger partial charge >= 0.3 is 0 Å². The van der Waals surface area contributed by atoms with Gasteiger partial charge in [0.15, 0.2) is 0 Å². The van der Waals surface area contributed by atoms with Crippen molar-refractivity contribution in [3.63, 3.8) is 0 Å². The lowest BCUT2D eigenvalue weighted by Gasteiger charge is -2.10. The van der Waals surface area contributed by atoms with Gasteiger partial charge in [0.25, 0.3) is 0 Å². The molecule has 0 saturated heterocycles. The minimum atomic E-state index is 0.387. The fourth-order valence-corrected chi connectivity index (χ4v) is 2.21. The molecular formula is C11H15N3S. The summed E-state index contributed by atoms with van der Waals surface area (Å²) in [7, 11) is 1.94. The molecule has 1 N–H and O–H groups in total. The van der Waals surface area contributed by atoms with Crippen LogP contribution in [-0.2, 0) is 13.6 Å². The molecule has 15 heavy (non-hydrogen) atoms. The van der Waals surface area contributed by atoms with Crippen LogP contribution < -0.4 is 5.32 Å². The molecular weight excluding hydrogens is 206 g/mol. The molecule has 0 spiro atoms. The molecule has 3 nitrogen and oxygen atoms in total. The largest absolute Gasteiger partial charge is 0.304 e. The van der Waals surface area contributed by atoms with Crippen molar-refractivity contribution in [1.29, 1.82) is 0 Å². The van der Waals surface area contributed by atoms with Gasteiger partial charge in [0.2, 0.25) is 0 Å². The molecule has 0 aliphatic rings. The summed E-state index contributed by atoms with van der Waals surface area (Å²) in [5.74, 6) is 0. The van der Waals surface area contributed by atoms with Crippen LogP contribution in [0.1, 0.15) is 24.2 Å². The van der Waals surface area contributed by atoms with Crippen molar-refractivity contribution in [3.8, 4) is 0 Å². The van der Waals surface area contributed by atoms with Gasteiger partial charge in [-0.15, -0.1) is 0 Å². The zero-order valence-corrected chi connectivity index (χ0v) is 9.79. The normalized spacial score (nSPS) is 12.9. The number of hydrogen-bond donors (Lipinski definition) is 1. The monoisotopic (exact) mass is 221 g/mol. The summed E-state index contributed by atoms with van der Waals surface area (Å²) in [5, 5.41) is 12.0. The fourth-order valence-electron chi connectivity index (χ4n) is 1.45. The van der Waals surface area contributed by atoms with E-state index in [1.54, 1.807) is 11.3 Å². The van der Waals surface area contributed by atoms with Crippen LogP contribution in [0.5, 0.6) is 0 Å². The Morgan fingerprint density at radius 3 is 3.00 bits per heavy atom. The lowest BCUT2D eigenvalue weighted by Crippen LogP contribution is -2.17. The first kappa shape index (κ1) is 10.4. The Kier molecular flexibility index (Phi) is 3.18. The lowest BCUT2D eigenvalue weighted by molar-refractivity contribution is 0.563. The van der Waals surface area contributed by atoms with Crippen molar-refractivity contribution in [2.45, 2.75) is 19.5 Å². The van der Waals surface area contributed by atoms with Gasteiger partial charge in [-0.1, -0.05) is 0 Å². The molecule has 0 saturated carbocycles. The van der Waals surface area contributed by atoms with Crippen LogP contribution in [-0.4, -0.2) is 9.78 Å². The van der Waals surface area contributed by atoms with E-state index in [4.69, 9.17) is 0 Å². The van der Waals surface area contributed by atoms with Gasteiger partial charge in [-0.3, -0.25) is 4.68 Å². The standard InChI is InChI=1S/C11H15N3S/c1-9(10-4-6-15-8-10)12-7-11-3-5-14(2)13-11/h3-6,8-9,12H,7H2,1-2H3. The average molecular weight is 221 g/mol. The minimum Gasteiger partial charge on any atom is -0.304 e.